The summed E-state index contributed by atoms with van der Waals surface area (Å²) >= 11 is 7.54. The van der Waals surface area contributed by atoms with Crippen LogP contribution in [0.5, 0.6) is 0 Å². The van der Waals surface area contributed by atoms with Crippen molar-refractivity contribution in [3.8, 4) is 11.3 Å². The number of imidazole rings is 1. The molecule has 3 rings (SSSR count). The second-order valence-electron chi connectivity index (χ2n) is 4.34. The van der Waals surface area contributed by atoms with E-state index in [-0.39, 0.29) is 6.61 Å². The van der Waals surface area contributed by atoms with Gasteiger partial charge in [-0.1, -0.05) is 29.0 Å². The molecule has 0 aliphatic carbocycles. The summed E-state index contributed by atoms with van der Waals surface area (Å²) in [5.74, 6) is 0. The Labute approximate surface area is 119 Å². The molecule has 0 saturated heterocycles. The lowest BCUT2D eigenvalue weighted by atomic mass is 10.1. The molecule has 2 aromatic heterocycles. The minimum atomic E-state index is -0.0959. The van der Waals surface area contributed by atoms with Gasteiger partial charge >= 0.3 is 0 Å². The number of hydrogen-bond donors (Lipinski definition) is 1. The molecule has 4 nitrogen and oxygen atoms in total. The summed E-state index contributed by atoms with van der Waals surface area (Å²) in [7, 11) is 0. The van der Waals surface area contributed by atoms with Crippen LogP contribution in [-0.4, -0.2) is 19.7 Å². The molecule has 1 aromatic carbocycles. The molecule has 0 aliphatic rings. The predicted molar refractivity (Wildman–Crippen MR) is 76.7 cm³/mol. The lowest BCUT2D eigenvalue weighted by Gasteiger charge is -2.03. The first-order valence-electron chi connectivity index (χ1n) is 5.82. The fraction of sp³-hybridized carbons (Fsp3) is 0.231. The topological polar surface area (TPSA) is 50.4 Å². The summed E-state index contributed by atoms with van der Waals surface area (Å²) < 4.78 is 1.71. The third kappa shape index (κ3) is 2.04. The van der Waals surface area contributed by atoms with Crippen molar-refractivity contribution in [2.75, 3.05) is 0 Å². The van der Waals surface area contributed by atoms with Crippen LogP contribution in [0.2, 0.25) is 5.02 Å². The van der Waals surface area contributed by atoms with E-state index in [2.05, 4.69) is 10.1 Å². The largest absolute Gasteiger partial charge is 0.390 e. The average molecular weight is 294 g/mol. The number of halogens is 1. The Morgan fingerprint density at radius 1 is 1.37 bits per heavy atom. The quantitative estimate of drug-likeness (QED) is 0.789. The number of rotatable bonds is 2. The van der Waals surface area contributed by atoms with Gasteiger partial charge in [0.25, 0.3) is 0 Å². The first-order valence-corrected chi connectivity index (χ1v) is 7.02. The van der Waals surface area contributed by atoms with E-state index in [9.17, 15) is 5.11 Å². The van der Waals surface area contributed by atoms with E-state index in [0.29, 0.717) is 5.69 Å². The van der Waals surface area contributed by atoms with Crippen molar-refractivity contribution in [3.05, 3.63) is 39.5 Å². The molecule has 0 spiro atoms. The molecule has 0 atom stereocenters. The number of aliphatic hydroxyl groups is 1. The zero-order valence-electron chi connectivity index (χ0n) is 10.5. The highest BCUT2D eigenvalue weighted by atomic mass is 35.5. The molecule has 6 heteroatoms. The molecule has 0 aliphatic heterocycles. The van der Waals surface area contributed by atoms with Crippen LogP contribution in [0.4, 0.5) is 0 Å². The molecule has 0 radical (unpaired) electrons. The van der Waals surface area contributed by atoms with Crippen molar-refractivity contribution < 1.29 is 5.11 Å². The highest BCUT2D eigenvalue weighted by Gasteiger charge is 2.16. The predicted octanol–water partition coefficient (Wildman–Crippen LogP) is 3.22. The average Bonchev–Trinajstić information content (AvgIpc) is 2.88. The van der Waals surface area contributed by atoms with Crippen molar-refractivity contribution in [2.45, 2.75) is 20.5 Å². The molecule has 0 bridgehead atoms. The second-order valence-corrected chi connectivity index (χ2v) is 5.91. The van der Waals surface area contributed by atoms with Gasteiger partial charge in [-0.05, 0) is 31.5 Å². The zero-order valence-corrected chi connectivity index (χ0v) is 12.1. The van der Waals surface area contributed by atoms with Crippen molar-refractivity contribution in [1.82, 2.24) is 14.6 Å². The van der Waals surface area contributed by atoms with Crippen LogP contribution in [0.25, 0.3) is 16.2 Å². The monoisotopic (exact) mass is 293 g/mol. The Balaban J connectivity index is 2.23. The van der Waals surface area contributed by atoms with Crippen molar-refractivity contribution in [3.63, 3.8) is 0 Å². The van der Waals surface area contributed by atoms with Crippen LogP contribution in [0.1, 0.15) is 16.3 Å². The minimum Gasteiger partial charge on any atom is -0.390 e. The van der Waals surface area contributed by atoms with Gasteiger partial charge in [-0.25, -0.2) is 9.50 Å². The van der Waals surface area contributed by atoms with Crippen LogP contribution < -0.4 is 0 Å². The van der Waals surface area contributed by atoms with E-state index in [1.807, 2.05) is 32.0 Å². The first-order chi connectivity index (χ1) is 9.10. The number of fused-ring (bicyclic) bond motifs is 1. The Kier molecular flexibility index (Phi) is 3.05. The summed E-state index contributed by atoms with van der Waals surface area (Å²) in [6, 6.07) is 5.73. The number of aromatic nitrogens is 3. The van der Waals surface area contributed by atoms with Gasteiger partial charge in [-0.3, -0.25) is 0 Å². The van der Waals surface area contributed by atoms with Crippen molar-refractivity contribution in [1.29, 1.82) is 0 Å². The number of aliphatic hydroxyl groups excluding tert-OH is 1. The maximum absolute atomic E-state index is 9.58. The van der Waals surface area contributed by atoms with Crippen LogP contribution >= 0.6 is 22.9 Å². The Bertz CT molecular complexity index is 763. The maximum atomic E-state index is 9.58. The number of hydrogen-bond acceptors (Lipinski definition) is 4. The molecule has 0 fully saturated rings. The van der Waals surface area contributed by atoms with Crippen molar-refractivity contribution in [2.24, 2.45) is 0 Å². The normalized spacial score (nSPS) is 11.4. The molecule has 19 heavy (non-hydrogen) atoms. The van der Waals surface area contributed by atoms with E-state index in [1.165, 1.54) is 11.3 Å². The van der Waals surface area contributed by atoms with Gasteiger partial charge in [0, 0.05) is 10.6 Å². The molecular formula is C13H12ClN3OS. The Morgan fingerprint density at radius 3 is 2.84 bits per heavy atom. The lowest BCUT2D eigenvalue weighted by molar-refractivity contribution is 0.275. The SMILES string of the molecule is Cc1nn2c(CO)c(-c3ccc(Cl)c(C)c3)nc2s1. The molecule has 0 unspecified atom stereocenters. The highest BCUT2D eigenvalue weighted by molar-refractivity contribution is 7.16. The standard InChI is InChI=1S/C13H12ClN3OS/c1-7-5-9(3-4-10(7)14)12-11(6-18)17-13(15-12)19-8(2)16-17/h3-5,18H,6H2,1-2H3. The smallest absolute Gasteiger partial charge is 0.213 e. The molecule has 0 amide bonds. The van der Waals surface area contributed by atoms with Gasteiger partial charge in [0.2, 0.25) is 4.96 Å². The van der Waals surface area contributed by atoms with Gasteiger partial charge in [0.1, 0.15) is 5.01 Å². The molecular weight excluding hydrogens is 282 g/mol. The van der Waals surface area contributed by atoms with Crippen LogP contribution in [0.15, 0.2) is 18.2 Å². The third-order valence-electron chi connectivity index (χ3n) is 2.98. The summed E-state index contributed by atoms with van der Waals surface area (Å²) in [5.41, 5.74) is 3.41. The maximum Gasteiger partial charge on any atom is 0.213 e. The first kappa shape index (κ1) is 12.6. The van der Waals surface area contributed by atoms with Gasteiger partial charge in [-0.2, -0.15) is 5.10 Å². The summed E-state index contributed by atoms with van der Waals surface area (Å²) in [4.78, 5) is 5.36. The number of aryl methyl sites for hydroxylation is 2. The van der Waals surface area contributed by atoms with Crippen molar-refractivity contribution >= 4 is 27.9 Å². The van der Waals surface area contributed by atoms with Crippen LogP contribution in [0.3, 0.4) is 0 Å². The Morgan fingerprint density at radius 2 is 2.16 bits per heavy atom. The minimum absolute atomic E-state index is 0.0959. The number of nitrogens with zero attached hydrogens (tertiary/aromatic N) is 3. The fourth-order valence-electron chi connectivity index (χ4n) is 2.05. The highest BCUT2D eigenvalue weighted by Crippen LogP contribution is 2.29. The van der Waals surface area contributed by atoms with E-state index >= 15 is 0 Å². The van der Waals surface area contributed by atoms with Crippen LogP contribution in [-0.2, 0) is 6.61 Å². The van der Waals surface area contributed by atoms with Crippen LogP contribution in [0, 0.1) is 13.8 Å². The summed E-state index contributed by atoms with van der Waals surface area (Å²) in [5, 5.41) is 15.6. The summed E-state index contributed by atoms with van der Waals surface area (Å²) in [6.45, 7) is 3.78. The Hall–Kier alpha value is -1.43. The van der Waals surface area contributed by atoms with E-state index in [1.54, 1.807) is 4.52 Å². The fourth-order valence-corrected chi connectivity index (χ4v) is 2.93. The molecule has 3 aromatic rings. The van der Waals surface area contributed by atoms with Gasteiger partial charge in [0.05, 0.1) is 18.0 Å². The van der Waals surface area contributed by atoms with E-state index in [0.717, 1.165) is 31.8 Å². The van der Waals surface area contributed by atoms with E-state index < -0.39 is 0 Å². The molecule has 0 saturated carbocycles. The zero-order chi connectivity index (χ0) is 13.6. The lowest BCUT2D eigenvalue weighted by Crippen LogP contribution is -1.95. The summed E-state index contributed by atoms with van der Waals surface area (Å²) in [6.07, 6.45) is 0. The molecule has 98 valence electrons. The molecule has 1 N–H and O–H groups in total. The van der Waals surface area contributed by atoms with Gasteiger partial charge in [0.15, 0.2) is 0 Å². The molecule has 2 heterocycles. The van der Waals surface area contributed by atoms with Gasteiger partial charge in [-0.15, -0.1) is 0 Å². The van der Waals surface area contributed by atoms with Gasteiger partial charge < -0.3 is 5.11 Å². The van der Waals surface area contributed by atoms with E-state index in [4.69, 9.17) is 11.6 Å². The second kappa shape index (κ2) is 4.59. The number of benzene rings is 1. The third-order valence-corrected chi connectivity index (χ3v) is 4.23.